The third-order valence-corrected chi connectivity index (χ3v) is 2.93. The van der Waals surface area contributed by atoms with Gasteiger partial charge >= 0.3 is 5.97 Å². The number of hydrogen-bond donors (Lipinski definition) is 2. The van der Waals surface area contributed by atoms with Crippen LogP contribution in [0, 0.1) is 5.41 Å². The largest absolute Gasteiger partial charge is 0.459 e. The molecule has 5 heteroatoms. The van der Waals surface area contributed by atoms with E-state index in [9.17, 15) is 14.7 Å². The quantitative estimate of drug-likeness (QED) is 0.809. The lowest BCUT2D eigenvalue weighted by atomic mass is 9.95. The zero-order valence-electron chi connectivity index (χ0n) is 12.9. The molecule has 1 rings (SSSR count). The highest BCUT2D eigenvalue weighted by Crippen LogP contribution is 2.14. The summed E-state index contributed by atoms with van der Waals surface area (Å²) in [7, 11) is 0. The lowest BCUT2D eigenvalue weighted by Gasteiger charge is -2.24. The van der Waals surface area contributed by atoms with Gasteiger partial charge in [0.05, 0.1) is 6.10 Å². The number of nitrogens with one attached hydrogen (secondary N) is 1. The SMILES string of the molecule is C[C@@H](O)[C@H](NC(=O)C(C)(C)C)C(=O)OCc1ccccc1. The van der Waals surface area contributed by atoms with Crippen molar-refractivity contribution >= 4 is 11.9 Å². The summed E-state index contributed by atoms with van der Waals surface area (Å²) in [5.74, 6) is -0.962. The van der Waals surface area contributed by atoms with Crippen LogP contribution in [0.4, 0.5) is 0 Å². The zero-order valence-corrected chi connectivity index (χ0v) is 12.9. The van der Waals surface area contributed by atoms with E-state index in [1.807, 2.05) is 30.3 Å². The molecule has 0 aliphatic carbocycles. The van der Waals surface area contributed by atoms with E-state index >= 15 is 0 Å². The van der Waals surface area contributed by atoms with Crippen LogP contribution in [0.15, 0.2) is 30.3 Å². The zero-order chi connectivity index (χ0) is 16.0. The van der Waals surface area contributed by atoms with Gasteiger partial charge in [-0.2, -0.15) is 0 Å². The predicted molar refractivity (Wildman–Crippen MR) is 79.3 cm³/mol. The molecule has 0 radical (unpaired) electrons. The Morgan fingerprint density at radius 1 is 1.24 bits per heavy atom. The second-order valence-electron chi connectivity index (χ2n) is 6.04. The number of rotatable bonds is 5. The maximum absolute atomic E-state index is 12.0. The molecule has 0 aliphatic heterocycles. The van der Waals surface area contributed by atoms with Gasteiger partial charge in [-0.15, -0.1) is 0 Å². The second-order valence-corrected chi connectivity index (χ2v) is 6.04. The van der Waals surface area contributed by atoms with Gasteiger partial charge in [-0.3, -0.25) is 4.79 Å². The number of benzene rings is 1. The maximum atomic E-state index is 12.0. The average molecular weight is 293 g/mol. The van der Waals surface area contributed by atoms with Crippen LogP contribution in [0.2, 0.25) is 0 Å². The van der Waals surface area contributed by atoms with Crippen LogP contribution in [0.3, 0.4) is 0 Å². The molecule has 5 nitrogen and oxygen atoms in total. The monoisotopic (exact) mass is 293 g/mol. The van der Waals surface area contributed by atoms with Gasteiger partial charge in [-0.1, -0.05) is 51.1 Å². The number of amides is 1. The van der Waals surface area contributed by atoms with Crippen molar-refractivity contribution in [3.63, 3.8) is 0 Å². The molecular weight excluding hydrogens is 270 g/mol. The van der Waals surface area contributed by atoms with Crippen LogP contribution in [-0.2, 0) is 20.9 Å². The van der Waals surface area contributed by atoms with Crippen molar-refractivity contribution in [2.24, 2.45) is 5.41 Å². The Bertz CT molecular complexity index is 477. The molecule has 1 aromatic carbocycles. The van der Waals surface area contributed by atoms with Crippen molar-refractivity contribution in [1.29, 1.82) is 0 Å². The van der Waals surface area contributed by atoms with Crippen molar-refractivity contribution in [1.82, 2.24) is 5.32 Å². The number of aliphatic hydroxyl groups is 1. The van der Waals surface area contributed by atoms with Crippen LogP contribution in [0.1, 0.15) is 33.3 Å². The molecule has 0 fully saturated rings. The molecule has 0 saturated carbocycles. The fourth-order valence-electron chi connectivity index (χ4n) is 1.55. The van der Waals surface area contributed by atoms with Gasteiger partial charge in [0.15, 0.2) is 6.04 Å². The number of esters is 1. The normalized spacial score (nSPS) is 14.1. The molecule has 0 saturated heterocycles. The van der Waals surface area contributed by atoms with Gasteiger partial charge in [-0.25, -0.2) is 4.79 Å². The first-order chi connectivity index (χ1) is 9.71. The summed E-state index contributed by atoms with van der Waals surface area (Å²) in [5, 5.41) is 12.2. The van der Waals surface area contributed by atoms with E-state index < -0.39 is 23.5 Å². The average Bonchev–Trinajstić information content (AvgIpc) is 2.41. The molecule has 0 bridgehead atoms. The Labute approximate surface area is 125 Å². The first-order valence-corrected chi connectivity index (χ1v) is 6.91. The molecule has 116 valence electrons. The summed E-state index contributed by atoms with van der Waals surface area (Å²) < 4.78 is 5.15. The Balaban J connectivity index is 2.64. The molecule has 0 unspecified atom stereocenters. The van der Waals surface area contributed by atoms with Crippen LogP contribution >= 0.6 is 0 Å². The number of hydrogen-bond acceptors (Lipinski definition) is 4. The van der Waals surface area contributed by atoms with E-state index in [1.54, 1.807) is 20.8 Å². The van der Waals surface area contributed by atoms with Crippen molar-refractivity contribution < 1.29 is 19.4 Å². The standard InChI is InChI=1S/C16H23NO4/c1-11(18)13(17-15(20)16(2,3)4)14(19)21-10-12-8-6-5-7-9-12/h5-9,11,13,18H,10H2,1-4H3,(H,17,20)/t11-,13+/m1/s1. The summed E-state index contributed by atoms with van der Waals surface area (Å²) in [4.78, 5) is 24.0. The van der Waals surface area contributed by atoms with E-state index in [2.05, 4.69) is 5.32 Å². The third kappa shape index (κ3) is 5.55. The summed E-state index contributed by atoms with van der Waals surface area (Å²) in [6, 6.07) is 8.15. The Hall–Kier alpha value is -1.88. The van der Waals surface area contributed by atoms with Gasteiger partial charge in [0, 0.05) is 5.41 Å². The lowest BCUT2D eigenvalue weighted by Crippen LogP contribution is -2.51. The van der Waals surface area contributed by atoms with Crippen molar-refractivity contribution in [2.75, 3.05) is 0 Å². The Morgan fingerprint density at radius 2 is 1.81 bits per heavy atom. The molecule has 1 amide bonds. The van der Waals surface area contributed by atoms with Gasteiger partial charge in [0.1, 0.15) is 6.61 Å². The molecule has 0 spiro atoms. The van der Waals surface area contributed by atoms with E-state index in [1.165, 1.54) is 6.92 Å². The molecule has 1 aromatic rings. The van der Waals surface area contributed by atoms with Crippen molar-refractivity contribution in [3.05, 3.63) is 35.9 Å². The van der Waals surface area contributed by atoms with Crippen LogP contribution < -0.4 is 5.32 Å². The fourth-order valence-corrected chi connectivity index (χ4v) is 1.55. The van der Waals surface area contributed by atoms with Gasteiger partial charge in [0.2, 0.25) is 5.91 Å². The maximum Gasteiger partial charge on any atom is 0.331 e. The molecule has 2 atom stereocenters. The summed E-state index contributed by atoms with van der Waals surface area (Å²) >= 11 is 0. The molecule has 21 heavy (non-hydrogen) atoms. The summed E-state index contributed by atoms with van der Waals surface area (Å²) in [6.45, 7) is 6.75. The molecule has 0 aromatic heterocycles. The minimum Gasteiger partial charge on any atom is -0.459 e. The van der Waals surface area contributed by atoms with E-state index in [0.29, 0.717) is 0 Å². The fraction of sp³-hybridized carbons (Fsp3) is 0.500. The number of aliphatic hydroxyl groups excluding tert-OH is 1. The minimum atomic E-state index is -1.07. The molecule has 0 heterocycles. The lowest BCUT2D eigenvalue weighted by molar-refractivity contribution is -0.153. The van der Waals surface area contributed by atoms with Crippen LogP contribution in [-0.4, -0.2) is 29.1 Å². The van der Waals surface area contributed by atoms with Gasteiger partial charge in [-0.05, 0) is 12.5 Å². The molecule has 0 aliphatic rings. The second kappa shape index (κ2) is 7.22. The van der Waals surface area contributed by atoms with Gasteiger partial charge < -0.3 is 15.2 Å². The highest BCUT2D eigenvalue weighted by molar-refractivity contribution is 5.87. The number of ether oxygens (including phenoxy) is 1. The number of carbonyl (C=O) groups excluding carboxylic acids is 2. The first-order valence-electron chi connectivity index (χ1n) is 6.91. The molecular formula is C16H23NO4. The highest BCUT2D eigenvalue weighted by atomic mass is 16.5. The highest BCUT2D eigenvalue weighted by Gasteiger charge is 2.31. The van der Waals surface area contributed by atoms with Crippen molar-refractivity contribution in [3.8, 4) is 0 Å². The summed E-state index contributed by atoms with van der Waals surface area (Å²) in [5.41, 5.74) is 0.199. The molecule has 2 N–H and O–H groups in total. The van der Waals surface area contributed by atoms with Crippen LogP contribution in [0.25, 0.3) is 0 Å². The van der Waals surface area contributed by atoms with Gasteiger partial charge in [0.25, 0.3) is 0 Å². The smallest absolute Gasteiger partial charge is 0.331 e. The Kier molecular flexibility index (Phi) is 5.90. The minimum absolute atomic E-state index is 0.105. The summed E-state index contributed by atoms with van der Waals surface area (Å²) in [6.07, 6.45) is -1.03. The van der Waals surface area contributed by atoms with E-state index in [0.717, 1.165) is 5.56 Å². The topological polar surface area (TPSA) is 75.6 Å². The third-order valence-electron chi connectivity index (χ3n) is 2.93. The van der Waals surface area contributed by atoms with E-state index in [4.69, 9.17) is 4.74 Å². The number of carbonyl (C=O) groups is 2. The predicted octanol–water partition coefficient (Wildman–Crippen LogP) is 1.64. The Morgan fingerprint density at radius 3 is 2.29 bits per heavy atom. The first kappa shape index (κ1) is 17.2. The van der Waals surface area contributed by atoms with E-state index in [-0.39, 0.29) is 12.5 Å². The van der Waals surface area contributed by atoms with Crippen LogP contribution in [0.5, 0.6) is 0 Å². The van der Waals surface area contributed by atoms with Crippen molar-refractivity contribution in [2.45, 2.75) is 46.4 Å².